The number of thioether (sulfide) groups is 1. The van der Waals surface area contributed by atoms with Crippen LogP contribution in [0.4, 0.5) is 5.69 Å². The van der Waals surface area contributed by atoms with Crippen molar-refractivity contribution >= 4 is 29.3 Å². The van der Waals surface area contributed by atoms with Crippen LogP contribution in [0.5, 0.6) is 0 Å². The Morgan fingerprint density at radius 1 is 1.22 bits per heavy atom. The lowest BCUT2D eigenvalue weighted by molar-refractivity contribution is -0.881. The lowest BCUT2D eigenvalue weighted by Gasteiger charge is -2.17. The minimum Gasteiger partial charge on any atom is -0.351 e. The molecule has 0 aliphatic rings. The van der Waals surface area contributed by atoms with Crippen molar-refractivity contribution < 1.29 is 14.5 Å². The Morgan fingerprint density at radius 3 is 2.57 bits per heavy atom. The molecule has 0 heterocycles. The molecule has 0 bridgehead atoms. The van der Waals surface area contributed by atoms with Crippen LogP contribution in [0.15, 0.2) is 29.2 Å². The van der Waals surface area contributed by atoms with E-state index in [0.29, 0.717) is 24.5 Å². The molecule has 0 aromatic heterocycles. The van der Waals surface area contributed by atoms with Crippen molar-refractivity contribution in [3.63, 3.8) is 0 Å². The fraction of sp³-hybridized carbons (Fsp3) is 0.438. The van der Waals surface area contributed by atoms with Crippen LogP contribution in [-0.2, 0) is 9.59 Å². The van der Waals surface area contributed by atoms with Crippen molar-refractivity contribution in [3.05, 3.63) is 24.3 Å². The fourth-order valence-corrected chi connectivity index (χ4v) is 2.70. The summed E-state index contributed by atoms with van der Waals surface area (Å²) in [6.07, 6.45) is 0. The number of nitrogens with one attached hydrogen (secondary N) is 3. The van der Waals surface area contributed by atoms with E-state index < -0.39 is 0 Å². The molecule has 1 rings (SSSR count). The molecule has 124 valence electrons. The van der Waals surface area contributed by atoms with Gasteiger partial charge in [-0.25, -0.2) is 0 Å². The lowest BCUT2D eigenvalue weighted by atomic mass is 10.3. The topological polar surface area (TPSA) is 86.4 Å². The number of hydrogen-bond acceptors (Lipinski definition) is 4. The van der Waals surface area contributed by atoms with Gasteiger partial charge in [-0.1, -0.05) is 12.1 Å². The van der Waals surface area contributed by atoms with Gasteiger partial charge in [0.15, 0.2) is 13.1 Å². The third-order valence-corrected chi connectivity index (χ3v) is 4.09. The molecule has 0 saturated heterocycles. The van der Waals surface area contributed by atoms with E-state index in [4.69, 9.17) is 5.26 Å². The van der Waals surface area contributed by atoms with Gasteiger partial charge in [-0.3, -0.25) is 9.59 Å². The third-order valence-electron chi connectivity index (χ3n) is 3.15. The van der Waals surface area contributed by atoms with Gasteiger partial charge < -0.3 is 15.5 Å². The molecule has 23 heavy (non-hydrogen) atoms. The lowest BCUT2D eigenvalue weighted by Crippen LogP contribution is -3.14. The summed E-state index contributed by atoms with van der Waals surface area (Å²) in [4.78, 5) is 25.6. The largest absolute Gasteiger partial charge is 0.351 e. The van der Waals surface area contributed by atoms with E-state index >= 15 is 0 Å². The first kappa shape index (κ1) is 19.0. The van der Waals surface area contributed by atoms with Crippen molar-refractivity contribution in [1.82, 2.24) is 5.32 Å². The Labute approximate surface area is 141 Å². The summed E-state index contributed by atoms with van der Waals surface area (Å²) < 4.78 is 0. The van der Waals surface area contributed by atoms with Crippen LogP contribution in [0.1, 0.15) is 13.8 Å². The maximum Gasteiger partial charge on any atom is 0.279 e. The molecule has 0 spiro atoms. The van der Waals surface area contributed by atoms with Crippen molar-refractivity contribution in [2.24, 2.45) is 0 Å². The Kier molecular flexibility index (Phi) is 8.80. The molecule has 0 radical (unpaired) electrons. The van der Waals surface area contributed by atoms with Gasteiger partial charge in [-0.05, 0) is 26.0 Å². The molecule has 0 fully saturated rings. The van der Waals surface area contributed by atoms with E-state index in [1.165, 1.54) is 11.8 Å². The normalized spacial score (nSPS) is 11.3. The number of likely N-dealkylation sites (N-methyl/N-ethyl adjacent to an activating group) is 2. The van der Waals surface area contributed by atoms with Crippen molar-refractivity contribution in [3.8, 4) is 6.07 Å². The number of amides is 2. The van der Waals surface area contributed by atoms with E-state index in [1.807, 2.05) is 38.1 Å². The maximum absolute atomic E-state index is 12.2. The van der Waals surface area contributed by atoms with Gasteiger partial charge in [0, 0.05) is 11.4 Å². The Balaban J connectivity index is 2.61. The molecular formula is C16H23N4O2S+. The van der Waals surface area contributed by atoms with E-state index in [1.54, 1.807) is 0 Å². The van der Waals surface area contributed by atoms with E-state index in [2.05, 4.69) is 16.7 Å². The second-order valence-electron chi connectivity index (χ2n) is 4.90. The van der Waals surface area contributed by atoms with Crippen molar-refractivity contribution in [1.29, 1.82) is 5.26 Å². The van der Waals surface area contributed by atoms with Crippen molar-refractivity contribution in [2.75, 3.05) is 37.2 Å². The summed E-state index contributed by atoms with van der Waals surface area (Å²) in [5, 5.41) is 14.3. The number of carbonyl (C=O) groups is 2. The number of hydrogen-bond donors (Lipinski definition) is 3. The van der Waals surface area contributed by atoms with Crippen LogP contribution in [0.25, 0.3) is 0 Å². The Bertz CT molecular complexity index is 571. The van der Waals surface area contributed by atoms with Gasteiger partial charge in [-0.2, -0.15) is 5.26 Å². The predicted molar refractivity (Wildman–Crippen MR) is 91.3 cm³/mol. The molecule has 0 aliphatic carbocycles. The molecule has 0 saturated carbocycles. The standard InChI is InChI=1S/C16H22N4O2S/c1-3-18-15(21)11-20(4-2)12-16(22)19-13-7-5-6-8-14(13)23-10-9-17/h5-8H,3-4,10-12H2,1-2H3,(H,18,21)(H,19,22)/p+1. The molecule has 6 nitrogen and oxygen atoms in total. The minimum absolute atomic E-state index is 0.0536. The van der Waals surface area contributed by atoms with Crippen LogP contribution in [-0.4, -0.2) is 43.7 Å². The van der Waals surface area contributed by atoms with Crippen LogP contribution >= 0.6 is 11.8 Å². The highest BCUT2D eigenvalue weighted by molar-refractivity contribution is 7.99. The predicted octanol–water partition coefficient (Wildman–Crippen LogP) is 0.282. The second-order valence-corrected chi connectivity index (χ2v) is 5.92. The van der Waals surface area contributed by atoms with Crippen LogP contribution in [0, 0.1) is 11.3 Å². The molecule has 1 atom stereocenters. The number of nitriles is 1. The first-order valence-corrected chi connectivity index (χ1v) is 8.58. The zero-order valence-electron chi connectivity index (χ0n) is 13.5. The summed E-state index contributed by atoms with van der Waals surface area (Å²) >= 11 is 1.38. The van der Waals surface area contributed by atoms with E-state index in [9.17, 15) is 9.59 Å². The van der Waals surface area contributed by atoms with Gasteiger partial charge >= 0.3 is 0 Å². The van der Waals surface area contributed by atoms with Gasteiger partial charge in [0.1, 0.15) is 0 Å². The molecular weight excluding hydrogens is 312 g/mol. The van der Waals surface area contributed by atoms with Gasteiger partial charge in [-0.15, -0.1) is 11.8 Å². The minimum atomic E-state index is -0.142. The van der Waals surface area contributed by atoms with Crippen LogP contribution in [0.2, 0.25) is 0 Å². The Hall–Kier alpha value is -2.04. The Morgan fingerprint density at radius 2 is 1.91 bits per heavy atom. The fourth-order valence-electron chi connectivity index (χ4n) is 2.03. The first-order valence-electron chi connectivity index (χ1n) is 7.59. The summed E-state index contributed by atoms with van der Waals surface area (Å²) in [6, 6.07) is 9.47. The zero-order chi connectivity index (χ0) is 17.1. The quantitative estimate of drug-likeness (QED) is 0.566. The van der Waals surface area contributed by atoms with Gasteiger partial charge in [0.05, 0.1) is 24.1 Å². The van der Waals surface area contributed by atoms with Crippen LogP contribution < -0.4 is 15.5 Å². The molecule has 1 unspecified atom stereocenters. The number of carbonyl (C=O) groups excluding carboxylic acids is 2. The average Bonchev–Trinajstić information content (AvgIpc) is 2.53. The molecule has 0 aliphatic heterocycles. The average molecular weight is 335 g/mol. The highest BCUT2D eigenvalue weighted by Crippen LogP contribution is 2.26. The van der Waals surface area contributed by atoms with Gasteiger partial charge in [0.25, 0.3) is 11.8 Å². The van der Waals surface area contributed by atoms with Crippen LogP contribution in [0.3, 0.4) is 0 Å². The number of nitrogens with zero attached hydrogens (tertiary/aromatic N) is 1. The molecule has 1 aromatic carbocycles. The van der Waals surface area contributed by atoms with E-state index in [-0.39, 0.29) is 24.9 Å². The monoisotopic (exact) mass is 335 g/mol. The molecule has 7 heteroatoms. The van der Waals surface area contributed by atoms with Gasteiger partial charge in [0.2, 0.25) is 0 Å². The molecule has 1 aromatic rings. The molecule has 3 N–H and O–H groups in total. The third kappa shape index (κ3) is 7.17. The number of benzene rings is 1. The first-order chi connectivity index (χ1) is 11.1. The number of para-hydroxylation sites is 1. The number of quaternary nitrogens is 1. The summed E-state index contributed by atoms with van der Waals surface area (Å²) in [5.74, 6) is 0.134. The van der Waals surface area contributed by atoms with Crippen molar-refractivity contribution in [2.45, 2.75) is 18.7 Å². The highest BCUT2D eigenvalue weighted by Gasteiger charge is 2.17. The van der Waals surface area contributed by atoms with E-state index in [0.717, 1.165) is 9.80 Å². The SMILES string of the molecule is CCNC(=O)C[NH+](CC)CC(=O)Nc1ccccc1SCC#N. The number of rotatable bonds is 9. The summed E-state index contributed by atoms with van der Waals surface area (Å²) in [6.45, 7) is 5.60. The smallest absolute Gasteiger partial charge is 0.279 e. The summed E-state index contributed by atoms with van der Waals surface area (Å²) in [5.41, 5.74) is 0.700. The highest BCUT2D eigenvalue weighted by atomic mass is 32.2. The summed E-state index contributed by atoms with van der Waals surface area (Å²) in [7, 11) is 0. The number of anilines is 1. The maximum atomic E-state index is 12.2. The second kappa shape index (κ2) is 10.6. The molecule has 2 amide bonds. The zero-order valence-corrected chi connectivity index (χ0v) is 14.3.